The lowest BCUT2D eigenvalue weighted by atomic mass is 9.92. The Balaban J connectivity index is 1.22. The van der Waals surface area contributed by atoms with Crippen LogP contribution in [0.2, 0.25) is 10.0 Å². The van der Waals surface area contributed by atoms with Crippen LogP contribution < -0.4 is 5.32 Å². The number of amides is 1. The smallest absolute Gasteiger partial charge is 0.241 e. The standard InChI is InChI=1S/C25H35Cl2N5O2/c1-17-11-18(2)14-31(13-17)10-4-8-28-25(33)19-5-3-9-32(15-19)16-23-29-24(30-34-23)21-7-6-20(26)12-22(21)27/h6-7,12,17-19H,3-5,8-11,13-16H2,1-2H3,(H,28,33). The van der Waals surface area contributed by atoms with Crippen molar-refractivity contribution < 1.29 is 9.32 Å². The van der Waals surface area contributed by atoms with Gasteiger partial charge in [0.1, 0.15) is 0 Å². The molecule has 0 bridgehead atoms. The highest BCUT2D eigenvalue weighted by molar-refractivity contribution is 6.36. The van der Waals surface area contributed by atoms with E-state index in [1.54, 1.807) is 18.2 Å². The molecular weight excluding hydrogens is 473 g/mol. The normalized spacial score (nSPS) is 24.3. The molecule has 0 aliphatic carbocycles. The fraction of sp³-hybridized carbons (Fsp3) is 0.640. The summed E-state index contributed by atoms with van der Waals surface area (Å²) in [6.45, 7) is 11.0. The van der Waals surface area contributed by atoms with Gasteiger partial charge in [-0.1, -0.05) is 42.2 Å². The number of carbonyl (C=O) groups excluding carboxylic acids is 1. The maximum Gasteiger partial charge on any atom is 0.241 e. The van der Waals surface area contributed by atoms with Crippen molar-refractivity contribution in [1.82, 2.24) is 25.3 Å². The maximum absolute atomic E-state index is 12.8. The number of likely N-dealkylation sites (tertiary alicyclic amines) is 2. The highest BCUT2D eigenvalue weighted by atomic mass is 35.5. The molecule has 9 heteroatoms. The van der Waals surface area contributed by atoms with Crippen LogP contribution >= 0.6 is 23.2 Å². The van der Waals surface area contributed by atoms with E-state index in [9.17, 15) is 4.79 Å². The van der Waals surface area contributed by atoms with Gasteiger partial charge in [-0.3, -0.25) is 9.69 Å². The summed E-state index contributed by atoms with van der Waals surface area (Å²) < 4.78 is 5.46. The molecular formula is C25H35Cl2N5O2. The summed E-state index contributed by atoms with van der Waals surface area (Å²) in [4.78, 5) is 22.0. The lowest BCUT2D eigenvalue weighted by molar-refractivity contribution is -0.126. The second-order valence-corrected chi connectivity index (χ2v) is 10.9. The lowest BCUT2D eigenvalue weighted by Crippen LogP contribution is -2.43. The van der Waals surface area contributed by atoms with Crippen molar-refractivity contribution in [1.29, 1.82) is 0 Å². The average molecular weight is 508 g/mol. The van der Waals surface area contributed by atoms with Crippen molar-refractivity contribution in [2.75, 3.05) is 39.3 Å². The SMILES string of the molecule is CC1CC(C)CN(CCCNC(=O)C2CCCN(Cc3nc(-c4ccc(Cl)cc4Cl)no3)C2)C1. The van der Waals surface area contributed by atoms with Crippen LogP contribution in [0.4, 0.5) is 0 Å². The maximum atomic E-state index is 12.8. The second kappa shape index (κ2) is 11.8. The molecule has 0 saturated carbocycles. The Labute approximate surface area is 212 Å². The van der Waals surface area contributed by atoms with Crippen LogP contribution in [0.15, 0.2) is 22.7 Å². The van der Waals surface area contributed by atoms with Crippen LogP contribution in [0.5, 0.6) is 0 Å². The third-order valence-electron chi connectivity index (χ3n) is 6.77. The molecule has 2 fully saturated rings. The van der Waals surface area contributed by atoms with Gasteiger partial charge in [-0.15, -0.1) is 0 Å². The van der Waals surface area contributed by atoms with E-state index in [1.165, 1.54) is 19.5 Å². The molecule has 1 amide bonds. The molecule has 3 atom stereocenters. The van der Waals surface area contributed by atoms with Gasteiger partial charge in [-0.05, 0) is 68.8 Å². The van der Waals surface area contributed by atoms with Crippen molar-refractivity contribution in [3.63, 3.8) is 0 Å². The number of benzene rings is 1. The number of nitrogens with one attached hydrogen (secondary N) is 1. The van der Waals surface area contributed by atoms with Gasteiger partial charge in [0.15, 0.2) is 0 Å². The highest BCUT2D eigenvalue weighted by Crippen LogP contribution is 2.29. The van der Waals surface area contributed by atoms with Crippen LogP contribution in [-0.2, 0) is 11.3 Å². The first-order valence-electron chi connectivity index (χ1n) is 12.4. The predicted molar refractivity (Wildman–Crippen MR) is 135 cm³/mol. The topological polar surface area (TPSA) is 74.5 Å². The zero-order valence-electron chi connectivity index (χ0n) is 20.1. The molecule has 186 valence electrons. The van der Waals surface area contributed by atoms with Gasteiger partial charge in [-0.2, -0.15) is 4.98 Å². The summed E-state index contributed by atoms with van der Waals surface area (Å²) in [5.74, 6) is 2.66. The number of aromatic nitrogens is 2. The minimum absolute atomic E-state index is 0.00289. The number of piperidine rings is 2. The molecule has 3 unspecified atom stereocenters. The van der Waals surface area contributed by atoms with E-state index in [2.05, 4.69) is 39.1 Å². The van der Waals surface area contributed by atoms with Gasteiger partial charge in [-0.25, -0.2) is 0 Å². The van der Waals surface area contributed by atoms with E-state index in [4.69, 9.17) is 27.7 Å². The van der Waals surface area contributed by atoms with Crippen molar-refractivity contribution in [2.45, 2.75) is 46.1 Å². The second-order valence-electron chi connectivity index (χ2n) is 10.1. The number of halogens is 2. The predicted octanol–water partition coefficient (Wildman–Crippen LogP) is 4.74. The Hall–Kier alpha value is -1.67. The third-order valence-corrected chi connectivity index (χ3v) is 7.32. The summed E-state index contributed by atoms with van der Waals surface area (Å²) in [6.07, 6.45) is 4.22. The Bertz CT molecular complexity index is 959. The summed E-state index contributed by atoms with van der Waals surface area (Å²) in [5.41, 5.74) is 0.686. The van der Waals surface area contributed by atoms with Gasteiger partial charge in [0.25, 0.3) is 0 Å². The zero-order valence-corrected chi connectivity index (χ0v) is 21.6. The van der Waals surface area contributed by atoms with Gasteiger partial charge in [0.2, 0.25) is 17.6 Å². The van der Waals surface area contributed by atoms with Gasteiger partial charge >= 0.3 is 0 Å². The molecule has 0 radical (unpaired) electrons. The van der Waals surface area contributed by atoms with Gasteiger partial charge in [0.05, 0.1) is 17.5 Å². The van der Waals surface area contributed by atoms with E-state index in [1.807, 2.05) is 0 Å². The molecule has 7 nitrogen and oxygen atoms in total. The van der Waals surface area contributed by atoms with E-state index < -0.39 is 0 Å². The van der Waals surface area contributed by atoms with Gasteiger partial charge in [0, 0.05) is 36.8 Å². The van der Waals surface area contributed by atoms with Gasteiger partial charge < -0.3 is 14.7 Å². The summed E-state index contributed by atoms with van der Waals surface area (Å²) in [5, 5.41) is 8.28. The summed E-state index contributed by atoms with van der Waals surface area (Å²) >= 11 is 12.2. The molecule has 2 aliphatic rings. The first-order chi connectivity index (χ1) is 16.4. The summed E-state index contributed by atoms with van der Waals surface area (Å²) in [7, 11) is 0. The fourth-order valence-corrected chi connectivity index (χ4v) is 5.83. The Morgan fingerprint density at radius 1 is 1.18 bits per heavy atom. The lowest BCUT2D eigenvalue weighted by Gasteiger charge is -2.35. The Morgan fingerprint density at radius 2 is 1.97 bits per heavy atom. The minimum atomic E-state index is -0.00289. The highest BCUT2D eigenvalue weighted by Gasteiger charge is 2.27. The largest absolute Gasteiger partial charge is 0.356 e. The molecule has 2 saturated heterocycles. The van der Waals surface area contributed by atoms with E-state index in [-0.39, 0.29) is 11.8 Å². The molecule has 1 N–H and O–H groups in total. The monoisotopic (exact) mass is 507 g/mol. The molecule has 3 heterocycles. The van der Waals surface area contributed by atoms with Crippen LogP contribution in [0.3, 0.4) is 0 Å². The van der Waals surface area contributed by atoms with Crippen LogP contribution in [0.25, 0.3) is 11.4 Å². The van der Waals surface area contributed by atoms with Crippen molar-refractivity contribution >= 4 is 29.1 Å². The number of hydrogen-bond donors (Lipinski definition) is 1. The molecule has 4 rings (SSSR count). The fourth-order valence-electron chi connectivity index (χ4n) is 5.34. The average Bonchev–Trinajstić information content (AvgIpc) is 3.24. The zero-order chi connectivity index (χ0) is 24.1. The molecule has 1 aromatic carbocycles. The number of carbonyl (C=O) groups is 1. The molecule has 34 heavy (non-hydrogen) atoms. The Kier molecular flexibility index (Phi) is 8.86. The number of hydrogen-bond acceptors (Lipinski definition) is 6. The number of rotatable bonds is 8. The van der Waals surface area contributed by atoms with Crippen LogP contribution in [0, 0.1) is 17.8 Å². The van der Waals surface area contributed by atoms with Crippen molar-refractivity contribution in [2.24, 2.45) is 17.8 Å². The molecule has 2 aromatic rings. The first-order valence-corrected chi connectivity index (χ1v) is 13.1. The van der Waals surface area contributed by atoms with Crippen LogP contribution in [-0.4, -0.2) is 65.1 Å². The van der Waals surface area contributed by atoms with E-state index >= 15 is 0 Å². The van der Waals surface area contributed by atoms with Crippen LogP contribution in [0.1, 0.15) is 45.4 Å². The molecule has 1 aromatic heterocycles. The Morgan fingerprint density at radius 3 is 2.74 bits per heavy atom. The van der Waals surface area contributed by atoms with Crippen molar-refractivity contribution in [3.8, 4) is 11.4 Å². The number of nitrogens with zero attached hydrogens (tertiary/aromatic N) is 4. The molecule has 0 spiro atoms. The molecule has 2 aliphatic heterocycles. The quantitative estimate of drug-likeness (QED) is 0.520. The van der Waals surface area contributed by atoms with Crippen molar-refractivity contribution in [3.05, 3.63) is 34.1 Å². The summed E-state index contributed by atoms with van der Waals surface area (Å²) in [6, 6.07) is 5.20. The minimum Gasteiger partial charge on any atom is -0.356 e. The first kappa shape index (κ1) is 25.4. The third kappa shape index (κ3) is 6.94. The van der Waals surface area contributed by atoms with E-state index in [0.717, 1.165) is 50.7 Å². The van der Waals surface area contributed by atoms with E-state index in [0.29, 0.717) is 40.4 Å².